The monoisotopic (exact) mass is 769 g/mol. The summed E-state index contributed by atoms with van der Waals surface area (Å²) in [6.07, 6.45) is 45.3. The molecule has 0 saturated carbocycles. The zero-order valence-electron chi connectivity index (χ0n) is 38.1. The highest BCUT2D eigenvalue weighted by Crippen LogP contribution is 2.16. The Morgan fingerprint density at radius 3 is 1.09 bits per heavy atom. The van der Waals surface area contributed by atoms with Crippen molar-refractivity contribution in [3.05, 3.63) is 69.9 Å². The highest BCUT2D eigenvalue weighted by atomic mass is 16.5. The summed E-state index contributed by atoms with van der Waals surface area (Å²) < 4.78 is 4.86. The first-order chi connectivity index (χ1) is 26.4. The zero-order valence-corrected chi connectivity index (χ0v) is 38.1. The van der Waals surface area contributed by atoms with Gasteiger partial charge in [-0.05, 0) is 126 Å². The van der Waals surface area contributed by atoms with Crippen molar-refractivity contribution in [2.75, 3.05) is 13.2 Å². The number of esters is 1. The predicted octanol–water partition coefficient (Wildman–Crippen LogP) is 15.7. The van der Waals surface area contributed by atoms with Gasteiger partial charge in [-0.1, -0.05) is 167 Å². The number of carbonyl (C=O) groups excluding carboxylic acids is 1. The minimum atomic E-state index is -0.954. The van der Waals surface area contributed by atoms with E-state index >= 15 is 0 Å². The number of aliphatic hydroxyl groups excluding tert-OH is 2. The lowest BCUT2D eigenvalue weighted by molar-refractivity contribution is -0.147. The van der Waals surface area contributed by atoms with Gasteiger partial charge in [0.1, 0.15) is 12.7 Å². The minimum Gasteiger partial charge on any atom is -0.463 e. The summed E-state index contributed by atoms with van der Waals surface area (Å²) in [4.78, 5) is 11.4. The molecule has 0 aliphatic heterocycles. The van der Waals surface area contributed by atoms with Gasteiger partial charge >= 0.3 is 5.97 Å². The van der Waals surface area contributed by atoms with Gasteiger partial charge in [-0.25, -0.2) is 0 Å². The van der Waals surface area contributed by atoms with Crippen molar-refractivity contribution in [1.82, 2.24) is 0 Å². The van der Waals surface area contributed by atoms with Gasteiger partial charge in [0.25, 0.3) is 0 Å². The Morgan fingerprint density at radius 2 is 0.764 bits per heavy atom. The molecule has 0 heterocycles. The Bertz CT molecular complexity index is 1020. The lowest BCUT2D eigenvalue weighted by atomic mass is 10.0. The van der Waals surface area contributed by atoms with Crippen molar-refractivity contribution in [2.24, 2.45) is 0 Å². The summed E-state index contributed by atoms with van der Waals surface area (Å²) >= 11 is 0. The molecular weight excluding hydrogens is 677 g/mol. The number of allylic oxidation sites excluding steroid dienone is 12. The third kappa shape index (κ3) is 46.1. The SMILES string of the molecule is CC(C)=CCC/C(C)=C/CC/C(C)=C/CC/C=C(\C)CC/C=C(\C)CCC=C(C)C.CCCCCCCCCCCCCCCCCC(=O)OCC(O)CO. The molecule has 0 aliphatic rings. The second-order valence-corrected chi connectivity index (χ2v) is 16.7. The topological polar surface area (TPSA) is 66.8 Å². The Balaban J connectivity index is 0. The second kappa shape index (κ2) is 41.5. The number of ether oxygens (including phenoxy) is 1. The first-order valence-corrected chi connectivity index (χ1v) is 22.7. The van der Waals surface area contributed by atoms with Crippen LogP contribution in [-0.4, -0.2) is 35.5 Å². The van der Waals surface area contributed by atoms with E-state index in [1.165, 1.54) is 181 Å². The van der Waals surface area contributed by atoms with Gasteiger partial charge in [-0.3, -0.25) is 4.79 Å². The average molecular weight is 769 g/mol. The zero-order chi connectivity index (χ0) is 41.4. The number of rotatable bonds is 34. The summed E-state index contributed by atoms with van der Waals surface area (Å²) in [6, 6.07) is 0. The second-order valence-electron chi connectivity index (χ2n) is 16.7. The van der Waals surface area contributed by atoms with E-state index in [-0.39, 0.29) is 19.2 Å². The molecule has 4 heteroatoms. The Labute approximate surface area is 343 Å². The van der Waals surface area contributed by atoms with Crippen LogP contribution in [0.1, 0.15) is 229 Å². The van der Waals surface area contributed by atoms with E-state index in [4.69, 9.17) is 14.9 Å². The first-order valence-electron chi connectivity index (χ1n) is 22.7. The number of hydrogen-bond acceptors (Lipinski definition) is 4. The fourth-order valence-electron chi connectivity index (χ4n) is 6.29. The van der Waals surface area contributed by atoms with E-state index < -0.39 is 6.10 Å². The predicted molar refractivity (Wildman–Crippen MR) is 244 cm³/mol. The van der Waals surface area contributed by atoms with Gasteiger partial charge in [0.2, 0.25) is 0 Å². The van der Waals surface area contributed by atoms with Crippen LogP contribution in [0.5, 0.6) is 0 Å². The maximum Gasteiger partial charge on any atom is 0.305 e. The Morgan fingerprint density at radius 1 is 0.455 bits per heavy atom. The van der Waals surface area contributed by atoms with Crippen LogP contribution in [0.3, 0.4) is 0 Å². The third-order valence-electron chi connectivity index (χ3n) is 10.0. The molecule has 0 aromatic carbocycles. The van der Waals surface area contributed by atoms with Crippen LogP contribution in [0.15, 0.2) is 69.9 Å². The van der Waals surface area contributed by atoms with E-state index in [2.05, 4.69) is 98.8 Å². The smallest absolute Gasteiger partial charge is 0.305 e. The number of unbranched alkanes of at least 4 members (excludes halogenated alkanes) is 15. The first kappa shape index (κ1) is 54.9. The van der Waals surface area contributed by atoms with E-state index in [1.807, 2.05) is 0 Å². The Hall–Kier alpha value is -2.17. The van der Waals surface area contributed by atoms with Crippen LogP contribution >= 0.6 is 0 Å². The molecule has 0 fully saturated rings. The van der Waals surface area contributed by atoms with Crippen molar-refractivity contribution in [3.8, 4) is 0 Å². The number of hydrogen-bond donors (Lipinski definition) is 2. The summed E-state index contributed by atoms with van der Waals surface area (Å²) in [5.74, 6) is -0.276. The summed E-state index contributed by atoms with van der Waals surface area (Å²) in [5.41, 5.74) is 8.97. The largest absolute Gasteiger partial charge is 0.463 e. The van der Waals surface area contributed by atoms with Crippen molar-refractivity contribution >= 4 is 5.97 Å². The fourth-order valence-corrected chi connectivity index (χ4v) is 6.29. The van der Waals surface area contributed by atoms with E-state index in [9.17, 15) is 4.79 Å². The molecule has 0 rings (SSSR count). The molecule has 4 nitrogen and oxygen atoms in total. The fraction of sp³-hybridized carbons (Fsp3) is 0.745. The summed E-state index contributed by atoms with van der Waals surface area (Å²) in [5, 5.41) is 17.7. The van der Waals surface area contributed by atoms with Crippen molar-refractivity contribution < 1.29 is 19.7 Å². The molecule has 320 valence electrons. The molecule has 1 unspecified atom stereocenters. The standard InChI is InChI=1S/C30H50.C21H42O4/c1-25(2)15-11-19-29(7)23-13-21-27(5)17-9-10-18-28(6)22-14-24-30(8)20-12-16-26(3)4;1-2-3-4-5-6-7-8-9-10-11-12-13-14-15-16-17-21(24)25-19-20(23)18-22/h15-18,23-24H,9-14,19-22H2,1-8H3;20,22-23H,2-19H2,1H3/b27-17+,28-18+,29-23+,30-24+;. The highest BCUT2D eigenvalue weighted by molar-refractivity contribution is 5.69. The van der Waals surface area contributed by atoms with E-state index in [1.54, 1.807) is 0 Å². The maximum absolute atomic E-state index is 11.4. The maximum atomic E-state index is 11.4. The van der Waals surface area contributed by atoms with E-state index in [0.29, 0.717) is 6.42 Å². The molecule has 0 spiro atoms. The lowest BCUT2D eigenvalue weighted by Gasteiger charge is -2.08. The van der Waals surface area contributed by atoms with Gasteiger partial charge in [0.05, 0.1) is 6.61 Å². The van der Waals surface area contributed by atoms with Crippen molar-refractivity contribution in [2.45, 2.75) is 235 Å². The van der Waals surface area contributed by atoms with E-state index in [0.717, 1.165) is 12.8 Å². The quantitative estimate of drug-likeness (QED) is 0.0389. The molecular formula is C51H92O4. The van der Waals surface area contributed by atoms with Crippen LogP contribution in [0.2, 0.25) is 0 Å². The molecule has 2 N–H and O–H groups in total. The number of carbonyl (C=O) groups is 1. The minimum absolute atomic E-state index is 0.103. The molecule has 0 radical (unpaired) electrons. The van der Waals surface area contributed by atoms with Crippen LogP contribution in [0, 0.1) is 0 Å². The molecule has 0 bridgehead atoms. The normalized spacial score (nSPS) is 12.9. The average Bonchev–Trinajstić information content (AvgIpc) is 3.14. The number of aliphatic hydroxyl groups is 2. The molecule has 1 atom stereocenters. The highest BCUT2D eigenvalue weighted by Gasteiger charge is 2.07. The lowest BCUT2D eigenvalue weighted by Crippen LogP contribution is -2.21. The third-order valence-corrected chi connectivity index (χ3v) is 10.0. The molecule has 0 aliphatic carbocycles. The molecule has 0 saturated heterocycles. The molecule has 0 amide bonds. The van der Waals surface area contributed by atoms with Crippen molar-refractivity contribution in [1.29, 1.82) is 0 Å². The van der Waals surface area contributed by atoms with Crippen molar-refractivity contribution in [3.63, 3.8) is 0 Å². The van der Waals surface area contributed by atoms with Gasteiger partial charge in [0, 0.05) is 6.42 Å². The molecule has 0 aromatic rings. The van der Waals surface area contributed by atoms with Crippen LogP contribution in [-0.2, 0) is 9.53 Å². The van der Waals surface area contributed by atoms with Crippen LogP contribution in [0.4, 0.5) is 0 Å². The van der Waals surface area contributed by atoms with Gasteiger partial charge in [0.15, 0.2) is 0 Å². The Kier molecular flexibility index (Phi) is 41.4. The van der Waals surface area contributed by atoms with Gasteiger partial charge < -0.3 is 14.9 Å². The summed E-state index contributed by atoms with van der Waals surface area (Å²) in [6.45, 7) is 19.6. The van der Waals surface area contributed by atoms with Crippen LogP contribution in [0.25, 0.3) is 0 Å². The molecule has 0 aromatic heterocycles. The van der Waals surface area contributed by atoms with Crippen LogP contribution < -0.4 is 0 Å². The van der Waals surface area contributed by atoms with Gasteiger partial charge in [-0.2, -0.15) is 0 Å². The summed E-state index contributed by atoms with van der Waals surface area (Å²) in [7, 11) is 0. The van der Waals surface area contributed by atoms with Gasteiger partial charge in [-0.15, -0.1) is 0 Å². The molecule has 55 heavy (non-hydrogen) atoms.